The van der Waals surface area contributed by atoms with E-state index < -0.39 is 0 Å². The molecule has 0 bridgehead atoms. The highest BCUT2D eigenvalue weighted by molar-refractivity contribution is 5.06. The van der Waals surface area contributed by atoms with Gasteiger partial charge in [0.25, 0.3) is 0 Å². The monoisotopic (exact) mass is 211 g/mol. The van der Waals surface area contributed by atoms with E-state index in [4.69, 9.17) is 13.9 Å². The van der Waals surface area contributed by atoms with E-state index in [0.717, 1.165) is 37.7 Å². The minimum absolute atomic E-state index is 0.473. The molecule has 0 spiro atoms. The Morgan fingerprint density at radius 1 is 1.47 bits per heavy atom. The first-order valence-electron chi connectivity index (χ1n) is 5.26. The summed E-state index contributed by atoms with van der Waals surface area (Å²) in [5, 5.41) is 3.39. The minimum Gasteiger partial charge on any atom is -0.462 e. The van der Waals surface area contributed by atoms with Gasteiger partial charge >= 0.3 is 0 Å². The molecule has 0 radical (unpaired) electrons. The topological polar surface area (TPSA) is 43.6 Å². The Morgan fingerprint density at radius 2 is 2.33 bits per heavy atom. The van der Waals surface area contributed by atoms with Gasteiger partial charge < -0.3 is 19.2 Å². The SMILES string of the molecule is COCc1ccc(CNC2CCOC2)o1. The zero-order valence-corrected chi connectivity index (χ0v) is 8.99. The molecule has 4 nitrogen and oxygen atoms in total. The molecule has 84 valence electrons. The standard InChI is InChI=1S/C11H17NO3/c1-13-8-11-3-2-10(15-11)6-12-9-4-5-14-7-9/h2-3,9,12H,4-8H2,1H3. The van der Waals surface area contributed by atoms with E-state index in [-0.39, 0.29) is 0 Å². The summed E-state index contributed by atoms with van der Waals surface area (Å²) in [5.41, 5.74) is 0. The molecule has 1 aromatic heterocycles. The molecule has 2 rings (SSSR count). The van der Waals surface area contributed by atoms with Gasteiger partial charge in [0, 0.05) is 19.8 Å². The van der Waals surface area contributed by atoms with Crippen LogP contribution < -0.4 is 5.32 Å². The predicted octanol–water partition coefficient (Wildman–Crippen LogP) is 1.30. The van der Waals surface area contributed by atoms with Crippen molar-refractivity contribution in [3.05, 3.63) is 23.7 Å². The van der Waals surface area contributed by atoms with Gasteiger partial charge in [-0.3, -0.25) is 0 Å². The van der Waals surface area contributed by atoms with Crippen molar-refractivity contribution in [3.8, 4) is 0 Å². The van der Waals surface area contributed by atoms with Crippen molar-refractivity contribution >= 4 is 0 Å². The molecule has 15 heavy (non-hydrogen) atoms. The van der Waals surface area contributed by atoms with Gasteiger partial charge in [0.05, 0.1) is 13.2 Å². The molecule has 1 atom stereocenters. The van der Waals surface area contributed by atoms with Crippen LogP contribution in [0.5, 0.6) is 0 Å². The lowest BCUT2D eigenvalue weighted by Gasteiger charge is -2.08. The Hall–Kier alpha value is -0.840. The maximum absolute atomic E-state index is 5.56. The fourth-order valence-electron chi connectivity index (χ4n) is 1.68. The third-order valence-corrected chi connectivity index (χ3v) is 2.50. The van der Waals surface area contributed by atoms with E-state index >= 15 is 0 Å². The molecule has 0 aliphatic carbocycles. The predicted molar refractivity (Wildman–Crippen MR) is 55.5 cm³/mol. The Bertz CT molecular complexity index is 292. The first-order valence-corrected chi connectivity index (χ1v) is 5.26. The molecular weight excluding hydrogens is 194 g/mol. The van der Waals surface area contributed by atoms with Crippen LogP contribution in [0.1, 0.15) is 17.9 Å². The highest BCUT2D eigenvalue weighted by atomic mass is 16.5. The van der Waals surface area contributed by atoms with E-state index in [0.29, 0.717) is 12.6 Å². The van der Waals surface area contributed by atoms with Crippen molar-refractivity contribution in [2.45, 2.75) is 25.6 Å². The lowest BCUT2D eigenvalue weighted by molar-refractivity contribution is 0.162. The van der Waals surface area contributed by atoms with Gasteiger partial charge in [-0.15, -0.1) is 0 Å². The summed E-state index contributed by atoms with van der Waals surface area (Å²) in [6.45, 7) is 2.97. The summed E-state index contributed by atoms with van der Waals surface area (Å²) in [4.78, 5) is 0. The largest absolute Gasteiger partial charge is 0.462 e. The number of ether oxygens (including phenoxy) is 2. The number of hydrogen-bond donors (Lipinski definition) is 1. The third-order valence-electron chi connectivity index (χ3n) is 2.50. The Morgan fingerprint density at radius 3 is 3.07 bits per heavy atom. The molecule has 1 saturated heterocycles. The van der Waals surface area contributed by atoms with Crippen molar-refractivity contribution < 1.29 is 13.9 Å². The number of hydrogen-bond acceptors (Lipinski definition) is 4. The second-order valence-corrected chi connectivity index (χ2v) is 3.74. The molecule has 0 amide bonds. The normalized spacial score (nSPS) is 21.0. The lowest BCUT2D eigenvalue weighted by Crippen LogP contribution is -2.28. The van der Waals surface area contributed by atoms with Gasteiger partial charge in [-0.25, -0.2) is 0 Å². The zero-order chi connectivity index (χ0) is 10.5. The van der Waals surface area contributed by atoms with Crippen molar-refractivity contribution in [2.24, 2.45) is 0 Å². The second-order valence-electron chi connectivity index (χ2n) is 3.74. The smallest absolute Gasteiger partial charge is 0.129 e. The fraction of sp³-hybridized carbons (Fsp3) is 0.636. The van der Waals surface area contributed by atoms with Crippen LogP contribution in [0.4, 0.5) is 0 Å². The van der Waals surface area contributed by atoms with Crippen LogP contribution in [0.3, 0.4) is 0 Å². The second kappa shape index (κ2) is 5.30. The van der Waals surface area contributed by atoms with E-state index in [2.05, 4.69) is 5.32 Å². The summed E-state index contributed by atoms with van der Waals surface area (Å²) >= 11 is 0. The molecule has 0 aromatic carbocycles. The molecule has 2 heterocycles. The quantitative estimate of drug-likeness (QED) is 0.797. The maximum Gasteiger partial charge on any atom is 0.129 e. The number of rotatable bonds is 5. The Kier molecular flexibility index (Phi) is 3.77. The molecule has 1 fully saturated rings. The summed E-state index contributed by atoms with van der Waals surface area (Å²) in [6, 6.07) is 4.41. The molecule has 1 aliphatic rings. The molecular formula is C11H17NO3. The third kappa shape index (κ3) is 3.06. The van der Waals surface area contributed by atoms with Crippen LogP contribution in [0.2, 0.25) is 0 Å². The molecule has 1 aliphatic heterocycles. The fourth-order valence-corrected chi connectivity index (χ4v) is 1.68. The van der Waals surface area contributed by atoms with Gasteiger partial charge in [0.1, 0.15) is 18.1 Å². The molecule has 4 heteroatoms. The molecule has 1 N–H and O–H groups in total. The maximum atomic E-state index is 5.56. The average molecular weight is 211 g/mol. The molecule has 1 aromatic rings. The Labute approximate surface area is 89.6 Å². The minimum atomic E-state index is 0.473. The van der Waals surface area contributed by atoms with Gasteiger partial charge in [0.2, 0.25) is 0 Å². The van der Waals surface area contributed by atoms with Gasteiger partial charge in [-0.2, -0.15) is 0 Å². The van der Waals surface area contributed by atoms with Crippen LogP contribution in [-0.4, -0.2) is 26.4 Å². The Balaban J connectivity index is 1.77. The van der Waals surface area contributed by atoms with Gasteiger partial charge in [-0.05, 0) is 18.6 Å². The van der Waals surface area contributed by atoms with Crippen molar-refractivity contribution in [1.29, 1.82) is 0 Å². The van der Waals surface area contributed by atoms with E-state index in [9.17, 15) is 0 Å². The summed E-state index contributed by atoms with van der Waals surface area (Å²) in [7, 11) is 1.66. The molecule has 1 unspecified atom stereocenters. The van der Waals surface area contributed by atoms with E-state index in [1.165, 1.54) is 0 Å². The number of furan rings is 1. The summed E-state index contributed by atoms with van der Waals surface area (Å²) in [5.74, 6) is 1.82. The van der Waals surface area contributed by atoms with Crippen molar-refractivity contribution in [3.63, 3.8) is 0 Å². The first-order chi connectivity index (χ1) is 7.38. The summed E-state index contributed by atoms with van der Waals surface area (Å²) in [6.07, 6.45) is 1.09. The van der Waals surface area contributed by atoms with Gasteiger partial charge in [-0.1, -0.05) is 0 Å². The molecule has 0 saturated carbocycles. The van der Waals surface area contributed by atoms with Crippen LogP contribution in [0.25, 0.3) is 0 Å². The first kappa shape index (κ1) is 10.7. The van der Waals surface area contributed by atoms with Crippen LogP contribution in [0.15, 0.2) is 16.5 Å². The van der Waals surface area contributed by atoms with E-state index in [1.54, 1.807) is 7.11 Å². The highest BCUT2D eigenvalue weighted by Gasteiger charge is 2.15. The van der Waals surface area contributed by atoms with Crippen LogP contribution in [0, 0.1) is 0 Å². The number of methoxy groups -OCH3 is 1. The van der Waals surface area contributed by atoms with Crippen LogP contribution >= 0.6 is 0 Å². The zero-order valence-electron chi connectivity index (χ0n) is 8.99. The lowest BCUT2D eigenvalue weighted by atomic mass is 10.2. The summed E-state index contributed by atoms with van der Waals surface area (Å²) < 4.78 is 15.8. The highest BCUT2D eigenvalue weighted by Crippen LogP contribution is 2.10. The van der Waals surface area contributed by atoms with Gasteiger partial charge in [0.15, 0.2) is 0 Å². The van der Waals surface area contributed by atoms with E-state index in [1.807, 2.05) is 12.1 Å². The van der Waals surface area contributed by atoms with Crippen molar-refractivity contribution in [1.82, 2.24) is 5.32 Å². The van der Waals surface area contributed by atoms with Crippen LogP contribution in [-0.2, 0) is 22.6 Å². The average Bonchev–Trinajstić information content (AvgIpc) is 2.85. The van der Waals surface area contributed by atoms with Crippen molar-refractivity contribution in [2.75, 3.05) is 20.3 Å². The number of nitrogens with one attached hydrogen (secondary N) is 1.